The molecular formula is C27H25N7O3. The summed E-state index contributed by atoms with van der Waals surface area (Å²) >= 11 is 0. The minimum atomic E-state index is 0.396. The lowest BCUT2D eigenvalue weighted by Crippen LogP contribution is -2.05. The zero-order chi connectivity index (χ0) is 25.6. The van der Waals surface area contributed by atoms with Crippen molar-refractivity contribution in [2.75, 3.05) is 37.3 Å². The van der Waals surface area contributed by atoms with Crippen molar-refractivity contribution in [1.29, 1.82) is 0 Å². The Balaban J connectivity index is 1.50. The summed E-state index contributed by atoms with van der Waals surface area (Å²) in [6.07, 6.45) is 1.66. The molecule has 3 N–H and O–H groups in total. The Labute approximate surface area is 213 Å². The summed E-state index contributed by atoms with van der Waals surface area (Å²) in [5.74, 6) is 3.61. The van der Waals surface area contributed by atoms with Crippen molar-refractivity contribution in [3.63, 3.8) is 0 Å². The first-order valence-corrected chi connectivity index (χ1v) is 11.4. The molecule has 2 heterocycles. The Morgan fingerprint density at radius 3 is 1.46 bits per heavy atom. The molecule has 0 aliphatic rings. The standard InChI is InChI=1S/C27H25N7O3/c1-35-20-10-4-17(5-11-20)29-25-24-23(32-27(34-25)31-19-8-14-22(37-3)15-9-19)16-28-26(33-24)30-18-6-12-21(36-2)13-7-18/h4-16H,1-3H3,(H,28,30,33)(H2,29,31,32,34). The fourth-order valence-corrected chi connectivity index (χ4v) is 3.55. The number of anilines is 6. The van der Waals surface area contributed by atoms with Gasteiger partial charge in [0.05, 0.1) is 27.5 Å². The summed E-state index contributed by atoms with van der Waals surface area (Å²) in [6, 6.07) is 22.6. The van der Waals surface area contributed by atoms with E-state index in [1.807, 2.05) is 72.8 Å². The third-order valence-corrected chi connectivity index (χ3v) is 5.48. The monoisotopic (exact) mass is 495 g/mol. The third kappa shape index (κ3) is 5.59. The molecular weight excluding hydrogens is 470 g/mol. The van der Waals surface area contributed by atoms with Gasteiger partial charge in [-0.15, -0.1) is 0 Å². The van der Waals surface area contributed by atoms with Crippen LogP contribution in [0.3, 0.4) is 0 Å². The molecule has 0 saturated carbocycles. The van der Waals surface area contributed by atoms with Gasteiger partial charge in [-0.1, -0.05) is 0 Å². The average molecular weight is 496 g/mol. The molecule has 0 aliphatic heterocycles. The molecule has 5 aromatic rings. The quantitative estimate of drug-likeness (QED) is 0.236. The van der Waals surface area contributed by atoms with Crippen molar-refractivity contribution in [3.8, 4) is 17.2 Å². The molecule has 0 saturated heterocycles. The summed E-state index contributed by atoms with van der Waals surface area (Å²) < 4.78 is 15.7. The summed E-state index contributed by atoms with van der Waals surface area (Å²) in [5, 5.41) is 9.80. The first kappa shape index (κ1) is 23.6. The number of hydrogen-bond acceptors (Lipinski definition) is 10. The van der Waals surface area contributed by atoms with Gasteiger partial charge in [-0.25, -0.2) is 15.0 Å². The van der Waals surface area contributed by atoms with E-state index in [9.17, 15) is 0 Å². The Morgan fingerprint density at radius 2 is 0.973 bits per heavy atom. The van der Waals surface area contributed by atoms with Crippen molar-refractivity contribution < 1.29 is 14.2 Å². The molecule has 186 valence electrons. The number of methoxy groups -OCH3 is 3. The van der Waals surface area contributed by atoms with Crippen LogP contribution in [0.5, 0.6) is 17.2 Å². The Hall–Kier alpha value is -5.12. The van der Waals surface area contributed by atoms with E-state index in [4.69, 9.17) is 24.2 Å². The van der Waals surface area contributed by atoms with E-state index in [0.29, 0.717) is 28.7 Å². The topological polar surface area (TPSA) is 115 Å². The predicted octanol–water partition coefficient (Wildman–Crippen LogP) is 5.68. The molecule has 3 aromatic carbocycles. The molecule has 10 heteroatoms. The molecule has 37 heavy (non-hydrogen) atoms. The second-order valence-corrected chi connectivity index (χ2v) is 7.88. The zero-order valence-electron chi connectivity index (χ0n) is 20.5. The van der Waals surface area contributed by atoms with Crippen LogP contribution in [0.4, 0.5) is 34.8 Å². The molecule has 0 bridgehead atoms. The van der Waals surface area contributed by atoms with Gasteiger partial charge < -0.3 is 30.2 Å². The maximum absolute atomic E-state index is 5.27. The van der Waals surface area contributed by atoms with Crippen LogP contribution >= 0.6 is 0 Å². The van der Waals surface area contributed by atoms with Crippen LogP contribution in [0.25, 0.3) is 11.0 Å². The van der Waals surface area contributed by atoms with Crippen LogP contribution in [0.1, 0.15) is 0 Å². The summed E-state index contributed by atoms with van der Waals surface area (Å²) in [6.45, 7) is 0. The second-order valence-electron chi connectivity index (χ2n) is 7.88. The Bertz CT molecular complexity index is 1490. The molecule has 0 fully saturated rings. The van der Waals surface area contributed by atoms with Gasteiger partial charge in [0.15, 0.2) is 5.82 Å². The van der Waals surface area contributed by atoms with Crippen LogP contribution < -0.4 is 30.2 Å². The molecule has 0 unspecified atom stereocenters. The number of nitrogens with zero attached hydrogens (tertiary/aromatic N) is 4. The van der Waals surface area contributed by atoms with Crippen LogP contribution in [0.15, 0.2) is 79.0 Å². The minimum absolute atomic E-state index is 0.396. The van der Waals surface area contributed by atoms with E-state index >= 15 is 0 Å². The summed E-state index contributed by atoms with van der Waals surface area (Å²) in [7, 11) is 4.89. The number of nitrogens with one attached hydrogen (secondary N) is 3. The van der Waals surface area contributed by atoms with Crippen LogP contribution in [-0.2, 0) is 0 Å². The van der Waals surface area contributed by atoms with Crippen LogP contribution in [-0.4, -0.2) is 41.3 Å². The highest BCUT2D eigenvalue weighted by molar-refractivity contribution is 5.89. The number of aromatic nitrogens is 4. The normalized spacial score (nSPS) is 10.6. The first-order valence-electron chi connectivity index (χ1n) is 11.4. The van der Waals surface area contributed by atoms with E-state index in [1.54, 1.807) is 27.5 Å². The van der Waals surface area contributed by atoms with Crippen molar-refractivity contribution >= 4 is 45.8 Å². The number of fused-ring (bicyclic) bond motifs is 1. The van der Waals surface area contributed by atoms with E-state index in [2.05, 4.69) is 25.9 Å². The van der Waals surface area contributed by atoms with Crippen LogP contribution in [0.2, 0.25) is 0 Å². The molecule has 10 nitrogen and oxygen atoms in total. The lowest BCUT2D eigenvalue weighted by molar-refractivity contribution is 0.415. The molecule has 0 aliphatic carbocycles. The largest absolute Gasteiger partial charge is 0.497 e. The predicted molar refractivity (Wildman–Crippen MR) is 144 cm³/mol. The van der Waals surface area contributed by atoms with E-state index in [0.717, 1.165) is 34.3 Å². The van der Waals surface area contributed by atoms with Gasteiger partial charge >= 0.3 is 0 Å². The average Bonchev–Trinajstić information content (AvgIpc) is 2.94. The fourth-order valence-electron chi connectivity index (χ4n) is 3.55. The maximum atomic E-state index is 5.27. The fraction of sp³-hybridized carbons (Fsp3) is 0.111. The van der Waals surface area contributed by atoms with Gasteiger partial charge in [0, 0.05) is 17.1 Å². The van der Waals surface area contributed by atoms with Gasteiger partial charge in [0.2, 0.25) is 11.9 Å². The molecule has 0 spiro atoms. The van der Waals surface area contributed by atoms with Crippen molar-refractivity contribution in [1.82, 2.24) is 19.9 Å². The van der Waals surface area contributed by atoms with Crippen molar-refractivity contribution in [3.05, 3.63) is 79.0 Å². The molecule has 0 radical (unpaired) electrons. The zero-order valence-corrected chi connectivity index (χ0v) is 20.5. The van der Waals surface area contributed by atoms with Gasteiger partial charge in [-0.3, -0.25) is 0 Å². The van der Waals surface area contributed by atoms with Gasteiger partial charge in [-0.2, -0.15) is 4.98 Å². The van der Waals surface area contributed by atoms with Crippen molar-refractivity contribution in [2.45, 2.75) is 0 Å². The second kappa shape index (κ2) is 10.6. The lowest BCUT2D eigenvalue weighted by atomic mass is 10.3. The highest BCUT2D eigenvalue weighted by atomic mass is 16.5. The van der Waals surface area contributed by atoms with E-state index < -0.39 is 0 Å². The highest BCUT2D eigenvalue weighted by Crippen LogP contribution is 2.28. The van der Waals surface area contributed by atoms with Crippen molar-refractivity contribution in [2.24, 2.45) is 0 Å². The molecule has 0 atom stereocenters. The SMILES string of the molecule is COc1ccc(Nc2nc(Nc3ccc(OC)cc3)c3nc(Nc4ccc(OC)cc4)ncc3n2)cc1. The summed E-state index contributed by atoms with van der Waals surface area (Å²) in [5.41, 5.74) is 3.58. The van der Waals surface area contributed by atoms with E-state index in [-0.39, 0.29) is 0 Å². The molecule has 0 amide bonds. The van der Waals surface area contributed by atoms with E-state index in [1.165, 1.54) is 0 Å². The number of hydrogen-bond donors (Lipinski definition) is 3. The van der Waals surface area contributed by atoms with Crippen LogP contribution in [0, 0.1) is 0 Å². The number of benzene rings is 3. The third-order valence-electron chi connectivity index (χ3n) is 5.48. The smallest absolute Gasteiger partial charge is 0.229 e. The number of rotatable bonds is 9. The maximum Gasteiger partial charge on any atom is 0.229 e. The minimum Gasteiger partial charge on any atom is -0.497 e. The lowest BCUT2D eigenvalue weighted by Gasteiger charge is -2.13. The molecule has 5 rings (SSSR count). The Kier molecular flexibility index (Phi) is 6.80. The van der Waals surface area contributed by atoms with Gasteiger partial charge in [-0.05, 0) is 72.8 Å². The number of ether oxygens (including phenoxy) is 3. The van der Waals surface area contributed by atoms with Gasteiger partial charge in [0.1, 0.15) is 28.3 Å². The molecule has 2 aromatic heterocycles. The highest BCUT2D eigenvalue weighted by Gasteiger charge is 2.13. The van der Waals surface area contributed by atoms with Gasteiger partial charge in [0.25, 0.3) is 0 Å². The summed E-state index contributed by atoms with van der Waals surface area (Å²) in [4.78, 5) is 18.5. The Morgan fingerprint density at radius 1 is 0.514 bits per heavy atom. The first-order chi connectivity index (χ1) is 18.1.